The number of hydrogen-bond acceptors (Lipinski definition) is 6. The largest absolute Gasteiger partial charge is 1.00 e. The number of benzene rings is 2. The van der Waals surface area contributed by atoms with Crippen LogP contribution < -0.4 is 44.2 Å². The van der Waals surface area contributed by atoms with E-state index in [1.807, 2.05) is 0 Å². The fourth-order valence-electron chi connectivity index (χ4n) is 4.20. The Morgan fingerprint density at radius 3 is 1.22 bits per heavy atom. The third-order valence-corrected chi connectivity index (χ3v) is 7.00. The molecule has 0 N–H and O–H groups in total. The quantitative estimate of drug-likeness (QED) is 0.277. The molecule has 0 atom stereocenters. The van der Waals surface area contributed by atoms with Crippen molar-refractivity contribution < 1.29 is 58.1 Å². The molecule has 1 heterocycles. The summed E-state index contributed by atoms with van der Waals surface area (Å²) in [5.74, 6) is 0.781. The summed E-state index contributed by atoms with van der Waals surface area (Å²) in [6.45, 7) is 25.3. The van der Waals surface area contributed by atoms with Crippen LogP contribution >= 0.6 is 7.82 Å². The van der Waals surface area contributed by atoms with Gasteiger partial charge in [0.05, 0.1) is 0 Å². The molecule has 0 fully saturated rings. The molecule has 0 aromatic heterocycles. The molecule has 0 spiro atoms. The molecule has 1 aliphatic heterocycles. The van der Waals surface area contributed by atoms with E-state index in [-0.39, 0.29) is 51.2 Å². The van der Waals surface area contributed by atoms with Crippen LogP contribution in [0.5, 0.6) is 11.5 Å². The number of phosphoric acid groups is 1. The average Bonchev–Trinajstić information content (AvgIpc) is 2.67. The third-order valence-electron chi connectivity index (χ3n) is 6.48. The first kappa shape index (κ1) is 32.4. The summed E-state index contributed by atoms with van der Waals surface area (Å²) < 4.78 is 22.3. The molecular weight excluding hydrogens is 498 g/mol. The van der Waals surface area contributed by atoms with Crippen LogP contribution in [0.2, 0.25) is 0 Å². The van der Waals surface area contributed by atoms with Gasteiger partial charge in [0.2, 0.25) is 0 Å². The molecule has 0 bridgehead atoms. The zero-order chi connectivity index (χ0) is 27.5. The van der Waals surface area contributed by atoms with Crippen molar-refractivity contribution in [3.63, 3.8) is 0 Å². The summed E-state index contributed by atoms with van der Waals surface area (Å²) >= 11 is 0. The second kappa shape index (κ2) is 10.6. The SMILES string of the molecule is CC(C)(C)c1cc2c(c(C(C)(C)C)c1)OOP(=O)([O-])OOc1c(cc(C(C)(C)C)cc1C(C)(C)C)C2.[Na+]. The molecule has 200 valence electrons. The van der Waals surface area contributed by atoms with E-state index >= 15 is 0 Å². The molecule has 0 amide bonds. The molecule has 2 aromatic rings. The maximum Gasteiger partial charge on any atom is 1.00 e. The van der Waals surface area contributed by atoms with Crippen molar-refractivity contribution in [1.29, 1.82) is 0 Å². The van der Waals surface area contributed by atoms with Crippen molar-refractivity contribution in [2.45, 2.75) is 111 Å². The standard InChI is InChI=1S/C29H43O6P.Na/c1-26(2,3)20-14-18-13-19-15-21(27(4,5)6)17-23(29(10,11)12)25(19)33-35-36(30,31)34-32-24(18)22(16-20)28(7,8)9;/h14-17H,13H2,1-12H3,(H,30,31);/q;+1/p-1. The Morgan fingerprint density at radius 1 is 0.622 bits per heavy atom. The fraction of sp³-hybridized carbons (Fsp3) is 0.586. The number of rotatable bonds is 0. The third kappa shape index (κ3) is 7.63. The van der Waals surface area contributed by atoms with E-state index in [9.17, 15) is 9.46 Å². The van der Waals surface area contributed by atoms with E-state index in [0.717, 1.165) is 33.4 Å². The smallest absolute Gasteiger partial charge is 0.751 e. The van der Waals surface area contributed by atoms with E-state index < -0.39 is 7.82 Å². The minimum Gasteiger partial charge on any atom is -0.751 e. The predicted molar refractivity (Wildman–Crippen MR) is 142 cm³/mol. The Labute approximate surface area is 245 Å². The maximum absolute atomic E-state index is 12.6. The summed E-state index contributed by atoms with van der Waals surface area (Å²) in [6, 6.07) is 8.31. The van der Waals surface area contributed by atoms with Crippen LogP contribution in [0, 0.1) is 0 Å². The second-order valence-corrected chi connectivity index (χ2v) is 15.2. The van der Waals surface area contributed by atoms with Gasteiger partial charge in [-0.2, -0.15) is 0 Å². The van der Waals surface area contributed by atoms with Gasteiger partial charge < -0.3 is 14.7 Å². The van der Waals surface area contributed by atoms with Crippen LogP contribution in [0.15, 0.2) is 24.3 Å². The van der Waals surface area contributed by atoms with Crippen molar-refractivity contribution in [2.24, 2.45) is 0 Å². The van der Waals surface area contributed by atoms with Gasteiger partial charge in [-0.3, -0.25) is 4.57 Å². The van der Waals surface area contributed by atoms with Crippen LogP contribution in [0.25, 0.3) is 0 Å². The van der Waals surface area contributed by atoms with Gasteiger partial charge in [0.1, 0.15) is 0 Å². The van der Waals surface area contributed by atoms with Gasteiger partial charge in [0, 0.05) is 28.7 Å². The summed E-state index contributed by atoms with van der Waals surface area (Å²) in [4.78, 5) is 23.7. The molecule has 0 aliphatic carbocycles. The molecule has 1 aliphatic rings. The Morgan fingerprint density at radius 2 is 0.946 bits per heavy atom. The molecule has 8 heteroatoms. The molecule has 0 unspecified atom stereocenters. The van der Waals surface area contributed by atoms with Crippen molar-refractivity contribution >= 4 is 7.82 Å². The van der Waals surface area contributed by atoms with Gasteiger partial charge in [-0.15, -0.1) is 9.35 Å². The summed E-state index contributed by atoms with van der Waals surface area (Å²) in [5.41, 5.74) is 4.67. The molecule has 3 rings (SSSR count). The van der Waals surface area contributed by atoms with Gasteiger partial charge in [-0.1, -0.05) is 107 Å². The molecule has 0 saturated heterocycles. The molecule has 6 nitrogen and oxygen atoms in total. The Bertz CT molecular complexity index is 1100. The van der Waals surface area contributed by atoms with Crippen molar-refractivity contribution in [3.8, 4) is 11.5 Å². The van der Waals surface area contributed by atoms with Crippen LogP contribution in [0.3, 0.4) is 0 Å². The molecular formula is C29H42NaO6P. The minimum atomic E-state index is -4.94. The van der Waals surface area contributed by atoms with Crippen LogP contribution in [-0.4, -0.2) is 0 Å². The Kier molecular flexibility index (Phi) is 9.28. The topological polar surface area (TPSA) is 77.1 Å². The van der Waals surface area contributed by atoms with Crippen LogP contribution in [0.1, 0.15) is 116 Å². The normalized spacial score (nSPS) is 16.5. The first-order valence-corrected chi connectivity index (χ1v) is 13.9. The fourth-order valence-corrected chi connectivity index (χ4v) is 4.56. The van der Waals surface area contributed by atoms with E-state index in [2.05, 4.69) is 107 Å². The van der Waals surface area contributed by atoms with E-state index in [0.29, 0.717) is 17.9 Å². The van der Waals surface area contributed by atoms with Gasteiger partial charge in [0.25, 0.3) is 0 Å². The van der Waals surface area contributed by atoms with Gasteiger partial charge in [-0.25, -0.2) is 0 Å². The van der Waals surface area contributed by atoms with Gasteiger partial charge in [-0.05, 0) is 32.8 Å². The molecule has 37 heavy (non-hydrogen) atoms. The Balaban J connectivity index is 0.00000481. The molecule has 0 saturated carbocycles. The van der Waals surface area contributed by atoms with Crippen LogP contribution in [0.4, 0.5) is 0 Å². The minimum absolute atomic E-state index is 0. The number of fused-ring (bicyclic) bond motifs is 2. The second-order valence-electron chi connectivity index (χ2n) is 14.0. The van der Waals surface area contributed by atoms with E-state index in [4.69, 9.17) is 19.1 Å². The average molecular weight is 541 g/mol. The number of hydrogen-bond donors (Lipinski definition) is 0. The van der Waals surface area contributed by atoms with E-state index in [1.54, 1.807) is 0 Å². The first-order chi connectivity index (χ1) is 16.1. The zero-order valence-electron chi connectivity index (χ0n) is 24.9. The van der Waals surface area contributed by atoms with Gasteiger partial charge >= 0.3 is 37.4 Å². The Hall–Kier alpha value is -0.850. The van der Waals surface area contributed by atoms with Gasteiger partial charge in [0.15, 0.2) is 11.5 Å². The monoisotopic (exact) mass is 540 g/mol. The molecule has 2 aromatic carbocycles. The van der Waals surface area contributed by atoms with Crippen molar-refractivity contribution in [1.82, 2.24) is 0 Å². The zero-order valence-corrected chi connectivity index (χ0v) is 27.8. The maximum atomic E-state index is 12.6. The summed E-state index contributed by atoms with van der Waals surface area (Å²) in [6.07, 6.45) is 0.445. The molecule has 0 radical (unpaired) electrons. The van der Waals surface area contributed by atoms with E-state index in [1.165, 1.54) is 0 Å². The predicted octanol–water partition coefficient (Wildman–Crippen LogP) is 4.57. The van der Waals surface area contributed by atoms with Crippen molar-refractivity contribution in [3.05, 3.63) is 57.6 Å². The summed E-state index contributed by atoms with van der Waals surface area (Å²) in [7, 11) is -4.94. The first-order valence-electron chi connectivity index (χ1n) is 12.5. The van der Waals surface area contributed by atoms with Crippen molar-refractivity contribution in [2.75, 3.05) is 0 Å². The van der Waals surface area contributed by atoms with Crippen LogP contribution in [-0.2, 0) is 42.0 Å². The summed E-state index contributed by atoms with van der Waals surface area (Å²) in [5, 5.41) is 0.